The molecule has 6 nitrogen and oxygen atoms in total. The molecule has 0 bridgehead atoms. The molecule has 0 unspecified atom stereocenters. The van der Waals surface area contributed by atoms with Crippen molar-refractivity contribution in [3.05, 3.63) is 89.9 Å². The van der Waals surface area contributed by atoms with Crippen molar-refractivity contribution in [2.24, 2.45) is 0 Å². The lowest BCUT2D eigenvalue weighted by Gasteiger charge is -2.09. The van der Waals surface area contributed by atoms with Gasteiger partial charge in [-0.3, -0.25) is 9.52 Å². The average Bonchev–Trinajstić information content (AvgIpc) is 3.16. The second-order valence-electron chi connectivity index (χ2n) is 6.83. The van der Waals surface area contributed by atoms with Crippen LogP contribution in [0.15, 0.2) is 77.7 Å². The van der Waals surface area contributed by atoms with Crippen molar-refractivity contribution < 1.29 is 17.6 Å². The highest BCUT2D eigenvalue weighted by molar-refractivity contribution is 7.92. The Bertz CT molecular complexity index is 1330. The molecule has 3 N–H and O–H groups in total. The molecular weight excluding hydrogens is 405 g/mol. The molecule has 152 valence electrons. The summed E-state index contributed by atoms with van der Waals surface area (Å²) in [6.45, 7) is 1.88. The minimum atomic E-state index is -3.71. The highest BCUT2D eigenvalue weighted by atomic mass is 32.2. The first-order valence-electron chi connectivity index (χ1n) is 9.10. The molecule has 1 heterocycles. The van der Waals surface area contributed by atoms with Gasteiger partial charge in [0.25, 0.3) is 15.9 Å². The normalized spacial score (nSPS) is 11.4. The zero-order valence-corrected chi connectivity index (χ0v) is 16.8. The molecule has 8 heteroatoms. The molecule has 0 spiro atoms. The summed E-state index contributed by atoms with van der Waals surface area (Å²) < 4.78 is 41.2. The number of H-pyrrole nitrogens is 1. The molecule has 4 rings (SSSR count). The summed E-state index contributed by atoms with van der Waals surface area (Å²) in [5.41, 5.74) is 2.55. The van der Waals surface area contributed by atoms with Crippen LogP contribution in [-0.4, -0.2) is 19.3 Å². The number of carbonyl (C=O) groups excluding carboxylic acids is 1. The van der Waals surface area contributed by atoms with E-state index in [2.05, 4.69) is 15.0 Å². The predicted molar refractivity (Wildman–Crippen MR) is 115 cm³/mol. The standard InChI is InChI=1S/C22H18FN3O3S/c1-14-5-11-17(12-6-14)30(28,29)26-16-9-7-15(8-10-16)24-22(27)21-13-18-19(23)3-2-4-20(18)25-21/h2-13,25-26H,1H3,(H,24,27). The summed E-state index contributed by atoms with van der Waals surface area (Å²) in [4.78, 5) is 15.5. The number of benzene rings is 3. The number of aromatic nitrogens is 1. The van der Waals surface area contributed by atoms with Crippen LogP contribution in [0, 0.1) is 12.7 Å². The molecule has 0 aliphatic rings. The molecule has 0 saturated carbocycles. The zero-order valence-electron chi connectivity index (χ0n) is 15.9. The van der Waals surface area contributed by atoms with Crippen LogP contribution in [0.1, 0.15) is 16.1 Å². The summed E-state index contributed by atoms with van der Waals surface area (Å²) in [6.07, 6.45) is 0. The Morgan fingerprint density at radius 3 is 2.27 bits per heavy atom. The fourth-order valence-corrected chi connectivity index (χ4v) is 4.05. The summed E-state index contributed by atoms with van der Waals surface area (Å²) in [7, 11) is -3.71. The van der Waals surface area contributed by atoms with Gasteiger partial charge < -0.3 is 10.3 Å². The Hall–Kier alpha value is -3.65. The van der Waals surface area contributed by atoms with E-state index in [-0.39, 0.29) is 10.6 Å². The highest BCUT2D eigenvalue weighted by Gasteiger charge is 2.15. The molecule has 0 aliphatic carbocycles. The van der Waals surface area contributed by atoms with Crippen LogP contribution in [0.2, 0.25) is 0 Å². The van der Waals surface area contributed by atoms with Crippen molar-refractivity contribution in [1.29, 1.82) is 0 Å². The summed E-state index contributed by atoms with van der Waals surface area (Å²) in [6, 6.07) is 18.8. The molecule has 1 aromatic heterocycles. The van der Waals surface area contributed by atoms with Gasteiger partial charge in [-0.25, -0.2) is 12.8 Å². The topological polar surface area (TPSA) is 91.1 Å². The minimum Gasteiger partial charge on any atom is -0.350 e. The fraction of sp³-hybridized carbons (Fsp3) is 0.0455. The van der Waals surface area contributed by atoms with Gasteiger partial charge in [0.05, 0.1) is 4.90 Å². The lowest BCUT2D eigenvalue weighted by atomic mass is 10.2. The number of nitrogens with one attached hydrogen (secondary N) is 3. The number of rotatable bonds is 5. The molecule has 0 fully saturated rings. The van der Waals surface area contributed by atoms with Crippen LogP contribution in [0.4, 0.5) is 15.8 Å². The number of hydrogen-bond donors (Lipinski definition) is 3. The van der Waals surface area contributed by atoms with Crippen LogP contribution in [0.25, 0.3) is 10.9 Å². The van der Waals surface area contributed by atoms with E-state index >= 15 is 0 Å². The first-order valence-corrected chi connectivity index (χ1v) is 10.6. The van der Waals surface area contributed by atoms with E-state index in [9.17, 15) is 17.6 Å². The van der Waals surface area contributed by atoms with Crippen LogP contribution in [0.3, 0.4) is 0 Å². The number of amides is 1. The zero-order chi connectivity index (χ0) is 21.3. The van der Waals surface area contributed by atoms with Gasteiger partial charge in [-0.05, 0) is 61.5 Å². The molecule has 0 radical (unpaired) electrons. The van der Waals surface area contributed by atoms with Crippen LogP contribution in [0.5, 0.6) is 0 Å². The van der Waals surface area contributed by atoms with Gasteiger partial charge in [0.1, 0.15) is 11.5 Å². The predicted octanol–water partition coefficient (Wildman–Crippen LogP) is 4.67. The second-order valence-corrected chi connectivity index (χ2v) is 8.52. The number of hydrogen-bond acceptors (Lipinski definition) is 3. The number of anilines is 2. The lowest BCUT2D eigenvalue weighted by Crippen LogP contribution is -2.14. The average molecular weight is 423 g/mol. The van der Waals surface area contributed by atoms with Crippen molar-refractivity contribution in [2.75, 3.05) is 10.0 Å². The van der Waals surface area contributed by atoms with Gasteiger partial charge in [-0.1, -0.05) is 23.8 Å². The summed E-state index contributed by atoms with van der Waals surface area (Å²) in [5, 5.41) is 3.03. The second kappa shape index (κ2) is 7.64. The van der Waals surface area contributed by atoms with E-state index in [1.165, 1.54) is 24.3 Å². The highest BCUT2D eigenvalue weighted by Crippen LogP contribution is 2.21. The van der Waals surface area contributed by atoms with Crippen molar-refractivity contribution in [3.8, 4) is 0 Å². The van der Waals surface area contributed by atoms with Crippen LogP contribution in [-0.2, 0) is 10.0 Å². The van der Waals surface area contributed by atoms with Gasteiger partial charge in [0, 0.05) is 22.3 Å². The molecule has 0 saturated heterocycles. The molecule has 30 heavy (non-hydrogen) atoms. The largest absolute Gasteiger partial charge is 0.350 e. The molecule has 0 atom stereocenters. The fourth-order valence-electron chi connectivity index (χ4n) is 2.99. The monoisotopic (exact) mass is 423 g/mol. The summed E-state index contributed by atoms with van der Waals surface area (Å²) in [5.74, 6) is -0.841. The number of sulfonamides is 1. The van der Waals surface area contributed by atoms with Gasteiger partial charge in [-0.2, -0.15) is 0 Å². The maximum absolute atomic E-state index is 13.8. The van der Waals surface area contributed by atoms with Gasteiger partial charge in [-0.15, -0.1) is 0 Å². The first-order chi connectivity index (χ1) is 14.3. The van der Waals surface area contributed by atoms with E-state index in [1.807, 2.05) is 6.92 Å². The number of carbonyl (C=O) groups is 1. The van der Waals surface area contributed by atoms with Crippen molar-refractivity contribution in [1.82, 2.24) is 4.98 Å². The Kier molecular flexibility index (Phi) is 5.01. The summed E-state index contributed by atoms with van der Waals surface area (Å²) >= 11 is 0. The van der Waals surface area contributed by atoms with Gasteiger partial charge in [0.15, 0.2) is 0 Å². The van der Waals surface area contributed by atoms with E-state index in [1.54, 1.807) is 48.5 Å². The number of aromatic amines is 1. The quantitative estimate of drug-likeness (QED) is 0.436. The van der Waals surface area contributed by atoms with E-state index < -0.39 is 21.7 Å². The van der Waals surface area contributed by atoms with Crippen molar-refractivity contribution in [2.45, 2.75) is 11.8 Å². The molecule has 1 amide bonds. The molecule has 3 aromatic carbocycles. The first kappa shape index (κ1) is 19.7. The number of halogens is 1. The third-order valence-corrected chi connectivity index (χ3v) is 5.98. The van der Waals surface area contributed by atoms with E-state index in [0.717, 1.165) is 5.56 Å². The lowest BCUT2D eigenvalue weighted by molar-refractivity contribution is 0.102. The number of aryl methyl sites for hydroxylation is 1. The Labute approximate surface area is 172 Å². The maximum Gasteiger partial charge on any atom is 0.272 e. The molecule has 4 aromatic rings. The Morgan fingerprint density at radius 2 is 1.60 bits per heavy atom. The molecular formula is C22H18FN3O3S. The smallest absolute Gasteiger partial charge is 0.272 e. The Morgan fingerprint density at radius 1 is 0.933 bits per heavy atom. The number of fused-ring (bicyclic) bond motifs is 1. The van der Waals surface area contributed by atoms with Gasteiger partial charge in [0.2, 0.25) is 0 Å². The van der Waals surface area contributed by atoms with Gasteiger partial charge >= 0.3 is 0 Å². The third kappa shape index (κ3) is 4.04. The third-order valence-electron chi connectivity index (χ3n) is 4.58. The minimum absolute atomic E-state index is 0.163. The molecule has 0 aliphatic heterocycles. The maximum atomic E-state index is 13.8. The Balaban J connectivity index is 1.47. The van der Waals surface area contributed by atoms with E-state index in [0.29, 0.717) is 22.3 Å². The van der Waals surface area contributed by atoms with Crippen LogP contribution < -0.4 is 10.0 Å². The SMILES string of the molecule is Cc1ccc(S(=O)(=O)Nc2ccc(NC(=O)c3cc4c(F)cccc4[nH]3)cc2)cc1. The van der Waals surface area contributed by atoms with Crippen molar-refractivity contribution >= 4 is 38.2 Å². The van der Waals surface area contributed by atoms with E-state index in [4.69, 9.17) is 0 Å². The van der Waals surface area contributed by atoms with Crippen molar-refractivity contribution in [3.63, 3.8) is 0 Å². The van der Waals surface area contributed by atoms with Crippen LogP contribution >= 0.6 is 0 Å².